The molecule has 0 aliphatic carbocycles. The third kappa shape index (κ3) is 5.45. The number of nitrogens with one attached hydrogen (secondary N) is 1. The lowest BCUT2D eigenvalue weighted by Crippen LogP contribution is -2.53. The molecule has 6 nitrogen and oxygen atoms in total. The molecule has 0 saturated heterocycles. The molecule has 0 aliphatic heterocycles. The van der Waals surface area contributed by atoms with Gasteiger partial charge in [0.15, 0.2) is 0 Å². The van der Waals surface area contributed by atoms with Gasteiger partial charge in [-0.25, -0.2) is 5.84 Å². The number of hydrazine groups is 1. The molecule has 1 amide bonds. The summed E-state index contributed by atoms with van der Waals surface area (Å²) in [4.78, 5) is 13.7. The predicted octanol–water partition coefficient (Wildman–Crippen LogP) is -0.262. The van der Waals surface area contributed by atoms with Crippen molar-refractivity contribution >= 4 is 5.91 Å². The molecule has 17 heavy (non-hydrogen) atoms. The Morgan fingerprint density at radius 1 is 1.41 bits per heavy atom. The second-order valence-corrected chi connectivity index (χ2v) is 3.97. The van der Waals surface area contributed by atoms with Gasteiger partial charge in [-0.15, -0.1) is 0 Å². The van der Waals surface area contributed by atoms with Gasteiger partial charge in [0.25, 0.3) is 5.91 Å². The van der Waals surface area contributed by atoms with Crippen molar-refractivity contribution in [1.29, 1.82) is 0 Å². The number of carbonyl (C=O) groups is 1. The van der Waals surface area contributed by atoms with Gasteiger partial charge in [0, 0.05) is 26.8 Å². The number of nitrogens with two attached hydrogens (primary N) is 1. The van der Waals surface area contributed by atoms with Crippen LogP contribution in [0, 0.1) is 0 Å². The molecular formula is C11H25N3O3. The second-order valence-electron chi connectivity index (χ2n) is 3.97. The monoisotopic (exact) mass is 247 g/mol. The standard InChI is InChI=1S/C11H25N3O3/c1-5-10(11(15)13-12)14(6-7-16-3)9(2)8-17-4/h9-10H,5-8,12H2,1-4H3,(H,13,15). The van der Waals surface area contributed by atoms with Gasteiger partial charge < -0.3 is 9.47 Å². The molecular weight excluding hydrogens is 222 g/mol. The predicted molar refractivity (Wildman–Crippen MR) is 66.3 cm³/mol. The molecule has 102 valence electrons. The minimum Gasteiger partial charge on any atom is -0.383 e. The molecule has 2 unspecified atom stereocenters. The van der Waals surface area contributed by atoms with Crippen LogP contribution in [0.2, 0.25) is 0 Å². The van der Waals surface area contributed by atoms with E-state index in [1.54, 1.807) is 14.2 Å². The van der Waals surface area contributed by atoms with Gasteiger partial charge in [-0.2, -0.15) is 0 Å². The van der Waals surface area contributed by atoms with Gasteiger partial charge in [-0.05, 0) is 13.3 Å². The molecule has 0 heterocycles. The van der Waals surface area contributed by atoms with Gasteiger partial charge in [-0.3, -0.25) is 15.1 Å². The van der Waals surface area contributed by atoms with E-state index in [-0.39, 0.29) is 18.0 Å². The number of methoxy groups -OCH3 is 2. The van der Waals surface area contributed by atoms with Crippen LogP contribution < -0.4 is 11.3 Å². The SMILES string of the molecule is CCC(C(=O)NN)N(CCOC)C(C)COC. The van der Waals surface area contributed by atoms with Crippen molar-refractivity contribution < 1.29 is 14.3 Å². The van der Waals surface area contributed by atoms with E-state index in [2.05, 4.69) is 10.3 Å². The van der Waals surface area contributed by atoms with Crippen LogP contribution in [0.3, 0.4) is 0 Å². The van der Waals surface area contributed by atoms with E-state index in [1.807, 2.05) is 13.8 Å². The van der Waals surface area contributed by atoms with E-state index < -0.39 is 0 Å². The Hall–Kier alpha value is -0.690. The molecule has 0 aromatic rings. The number of amides is 1. The highest BCUT2D eigenvalue weighted by atomic mass is 16.5. The molecule has 6 heteroatoms. The Bertz CT molecular complexity index is 214. The van der Waals surface area contributed by atoms with Gasteiger partial charge >= 0.3 is 0 Å². The highest BCUT2D eigenvalue weighted by molar-refractivity contribution is 5.81. The smallest absolute Gasteiger partial charge is 0.251 e. The molecule has 0 aromatic heterocycles. The molecule has 2 atom stereocenters. The summed E-state index contributed by atoms with van der Waals surface area (Å²) in [6.07, 6.45) is 0.695. The first-order valence-corrected chi connectivity index (χ1v) is 5.86. The fraction of sp³-hybridized carbons (Fsp3) is 0.909. The van der Waals surface area contributed by atoms with Crippen LogP contribution in [0.25, 0.3) is 0 Å². The summed E-state index contributed by atoms with van der Waals surface area (Å²) < 4.78 is 10.2. The minimum absolute atomic E-state index is 0.136. The fourth-order valence-corrected chi connectivity index (χ4v) is 1.88. The molecule has 0 spiro atoms. The Morgan fingerprint density at radius 3 is 2.47 bits per heavy atom. The first-order chi connectivity index (χ1) is 8.12. The molecule has 0 aliphatic rings. The van der Waals surface area contributed by atoms with Crippen LogP contribution in [-0.2, 0) is 14.3 Å². The summed E-state index contributed by atoms with van der Waals surface area (Å²) in [5.74, 6) is 5.03. The molecule has 0 fully saturated rings. The van der Waals surface area contributed by atoms with Crippen molar-refractivity contribution in [2.45, 2.75) is 32.4 Å². The molecule has 0 bridgehead atoms. The van der Waals surface area contributed by atoms with Crippen molar-refractivity contribution in [3.05, 3.63) is 0 Å². The average Bonchev–Trinajstić information content (AvgIpc) is 2.33. The van der Waals surface area contributed by atoms with E-state index in [9.17, 15) is 4.79 Å². The summed E-state index contributed by atoms with van der Waals surface area (Å²) in [6.45, 7) is 5.79. The van der Waals surface area contributed by atoms with Crippen LogP contribution >= 0.6 is 0 Å². The minimum atomic E-state index is -0.250. The van der Waals surface area contributed by atoms with Crippen LogP contribution in [0.1, 0.15) is 20.3 Å². The fourth-order valence-electron chi connectivity index (χ4n) is 1.88. The van der Waals surface area contributed by atoms with E-state index in [0.29, 0.717) is 26.2 Å². The summed E-state index contributed by atoms with van der Waals surface area (Å²) in [7, 11) is 3.29. The van der Waals surface area contributed by atoms with Gasteiger partial charge in [0.2, 0.25) is 0 Å². The highest BCUT2D eigenvalue weighted by Crippen LogP contribution is 2.10. The number of nitrogens with zero attached hydrogens (tertiary/aromatic N) is 1. The maximum absolute atomic E-state index is 11.7. The first kappa shape index (κ1) is 16.3. The zero-order valence-electron chi connectivity index (χ0n) is 11.2. The van der Waals surface area contributed by atoms with Gasteiger partial charge in [-0.1, -0.05) is 6.92 Å². The Kier molecular flexibility index (Phi) is 8.97. The third-order valence-electron chi connectivity index (χ3n) is 2.76. The van der Waals surface area contributed by atoms with Crippen molar-refractivity contribution in [1.82, 2.24) is 10.3 Å². The zero-order chi connectivity index (χ0) is 13.3. The van der Waals surface area contributed by atoms with Crippen molar-refractivity contribution in [3.63, 3.8) is 0 Å². The molecule has 0 rings (SSSR count). The van der Waals surface area contributed by atoms with E-state index in [0.717, 1.165) is 0 Å². The molecule has 0 radical (unpaired) electrons. The Morgan fingerprint density at radius 2 is 2.06 bits per heavy atom. The van der Waals surface area contributed by atoms with E-state index >= 15 is 0 Å². The Labute approximate surface area is 103 Å². The number of carbonyl (C=O) groups excluding carboxylic acids is 1. The average molecular weight is 247 g/mol. The molecule has 0 saturated carbocycles. The van der Waals surface area contributed by atoms with Crippen LogP contribution in [0.4, 0.5) is 0 Å². The van der Waals surface area contributed by atoms with Crippen molar-refractivity contribution in [2.24, 2.45) is 5.84 Å². The highest BCUT2D eigenvalue weighted by Gasteiger charge is 2.27. The number of hydrogen-bond acceptors (Lipinski definition) is 5. The van der Waals surface area contributed by atoms with Crippen LogP contribution in [0.15, 0.2) is 0 Å². The first-order valence-electron chi connectivity index (χ1n) is 5.86. The van der Waals surface area contributed by atoms with Crippen molar-refractivity contribution in [2.75, 3.05) is 34.0 Å². The maximum atomic E-state index is 11.7. The van der Waals surface area contributed by atoms with Crippen LogP contribution in [-0.4, -0.2) is 56.9 Å². The summed E-state index contributed by atoms with van der Waals surface area (Å²) in [5, 5.41) is 0. The largest absolute Gasteiger partial charge is 0.383 e. The molecule has 3 N–H and O–H groups in total. The zero-order valence-corrected chi connectivity index (χ0v) is 11.2. The topological polar surface area (TPSA) is 76.8 Å². The Balaban J connectivity index is 4.66. The quantitative estimate of drug-likeness (QED) is 0.333. The van der Waals surface area contributed by atoms with Crippen molar-refractivity contribution in [3.8, 4) is 0 Å². The third-order valence-corrected chi connectivity index (χ3v) is 2.76. The number of rotatable bonds is 9. The summed E-state index contributed by atoms with van der Waals surface area (Å²) >= 11 is 0. The van der Waals surface area contributed by atoms with E-state index in [1.165, 1.54) is 0 Å². The lowest BCUT2D eigenvalue weighted by molar-refractivity contribution is -0.128. The summed E-state index contributed by atoms with van der Waals surface area (Å²) in [6, 6.07) is -0.113. The number of hydrogen-bond donors (Lipinski definition) is 2. The normalized spacial score (nSPS) is 14.7. The summed E-state index contributed by atoms with van der Waals surface area (Å²) in [5.41, 5.74) is 2.21. The van der Waals surface area contributed by atoms with Gasteiger partial charge in [0.05, 0.1) is 19.3 Å². The van der Waals surface area contributed by atoms with Crippen LogP contribution in [0.5, 0.6) is 0 Å². The molecule has 0 aromatic carbocycles. The number of ether oxygens (including phenoxy) is 2. The lowest BCUT2D eigenvalue weighted by Gasteiger charge is -2.34. The van der Waals surface area contributed by atoms with Gasteiger partial charge in [0.1, 0.15) is 0 Å². The van der Waals surface area contributed by atoms with E-state index in [4.69, 9.17) is 15.3 Å². The lowest BCUT2D eigenvalue weighted by atomic mass is 10.1. The maximum Gasteiger partial charge on any atom is 0.251 e. The second kappa shape index (κ2) is 9.35.